The van der Waals surface area contributed by atoms with Crippen molar-refractivity contribution in [1.29, 1.82) is 0 Å². The Morgan fingerprint density at radius 2 is 2.00 bits per heavy atom. The molecule has 0 heterocycles. The van der Waals surface area contributed by atoms with Crippen LogP contribution < -0.4 is 5.32 Å². The van der Waals surface area contributed by atoms with Crippen LogP contribution in [0.1, 0.15) is 27.9 Å². The molecule has 1 aromatic carbocycles. The summed E-state index contributed by atoms with van der Waals surface area (Å²) in [6, 6.07) is 5.43. The van der Waals surface area contributed by atoms with E-state index in [9.17, 15) is 9.59 Å². The normalized spacial score (nSPS) is 11.9. The van der Waals surface area contributed by atoms with Crippen LogP contribution in [-0.4, -0.2) is 34.7 Å². The highest BCUT2D eigenvalue weighted by molar-refractivity contribution is 5.95. The Labute approximate surface area is 105 Å². The molecule has 1 amide bonds. The number of amides is 1. The highest BCUT2D eigenvalue weighted by Crippen LogP contribution is 2.12. The maximum atomic E-state index is 11.8. The molecular formula is C13H17NO4. The van der Waals surface area contributed by atoms with Crippen LogP contribution >= 0.6 is 0 Å². The van der Waals surface area contributed by atoms with E-state index >= 15 is 0 Å². The van der Waals surface area contributed by atoms with Crippen molar-refractivity contribution in [3.63, 3.8) is 0 Å². The lowest BCUT2D eigenvalue weighted by Crippen LogP contribution is -2.30. The Hall–Kier alpha value is -1.88. The van der Waals surface area contributed by atoms with Gasteiger partial charge in [0.1, 0.15) is 0 Å². The van der Waals surface area contributed by atoms with Crippen LogP contribution in [0.3, 0.4) is 0 Å². The van der Waals surface area contributed by atoms with Crippen molar-refractivity contribution in [2.75, 3.05) is 6.54 Å². The van der Waals surface area contributed by atoms with E-state index in [1.165, 1.54) is 0 Å². The van der Waals surface area contributed by atoms with Crippen LogP contribution in [0.5, 0.6) is 0 Å². The maximum Gasteiger partial charge on any atom is 0.332 e. The fraction of sp³-hybridized carbons (Fsp3) is 0.385. The van der Waals surface area contributed by atoms with Crippen molar-refractivity contribution in [1.82, 2.24) is 5.32 Å². The van der Waals surface area contributed by atoms with Gasteiger partial charge in [0.15, 0.2) is 6.10 Å². The van der Waals surface area contributed by atoms with E-state index < -0.39 is 12.1 Å². The third kappa shape index (κ3) is 3.56. The van der Waals surface area contributed by atoms with Crippen LogP contribution in [0.2, 0.25) is 0 Å². The van der Waals surface area contributed by atoms with Crippen molar-refractivity contribution in [2.45, 2.75) is 26.4 Å². The molecule has 0 aliphatic heterocycles. The van der Waals surface area contributed by atoms with Crippen molar-refractivity contribution in [2.24, 2.45) is 0 Å². The number of rotatable bonds is 5. The van der Waals surface area contributed by atoms with Crippen LogP contribution in [0.4, 0.5) is 0 Å². The third-order valence-electron chi connectivity index (χ3n) is 2.84. The average molecular weight is 251 g/mol. The lowest BCUT2D eigenvalue weighted by molar-refractivity contribution is -0.146. The van der Waals surface area contributed by atoms with Crippen LogP contribution in [0.25, 0.3) is 0 Å². The molecule has 0 aliphatic rings. The first kappa shape index (κ1) is 14.2. The van der Waals surface area contributed by atoms with Gasteiger partial charge in [-0.05, 0) is 31.0 Å². The molecule has 18 heavy (non-hydrogen) atoms. The molecule has 3 N–H and O–H groups in total. The van der Waals surface area contributed by atoms with E-state index in [1.807, 2.05) is 19.9 Å². The Morgan fingerprint density at radius 1 is 1.33 bits per heavy atom. The van der Waals surface area contributed by atoms with Gasteiger partial charge in [0, 0.05) is 18.5 Å². The van der Waals surface area contributed by atoms with Crippen LogP contribution in [0.15, 0.2) is 18.2 Å². The number of benzene rings is 1. The molecule has 1 rings (SSSR count). The highest BCUT2D eigenvalue weighted by Gasteiger charge is 2.14. The monoisotopic (exact) mass is 251 g/mol. The summed E-state index contributed by atoms with van der Waals surface area (Å²) < 4.78 is 0. The van der Waals surface area contributed by atoms with Gasteiger partial charge in [0.2, 0.25) is 0 Å². The molecule has 5 nitrogen and oxygen atoms in total. The molecule has 0 aromatic heterocycles. The van der Waals surface area contributed by atoms with Gasteiger partial charge in [-0.15, -0.1) is 0 Å². The lowest BCUT2D eigenvalue weighted by Gasteiger charge is -2.10. The minimum Gasteiger partial charge on any atom is -0.479 e. The minimum absolute atomic E-state index is 0.00800. The number of hydrogen-bond acceptors (Lipinski definition) is 3. The quantitative estimate of drug-likeness (QED) is 0.724. The summed E-state index contributed by atoms with van der Waals surface area (Å²) in [4.78, 5) is 22.2. The molecule has 0 unspecified atom stereocenters. The van der Waals surface area contributed by atoms with Crippen LogP contribution in [0, 0.1) is 13.8 Å². The summed E-state index contributed by atoms with van der Waals surface area (Å²) in [5, 5.41) is 20.1. The number of carboxylic acid groups (broad SMARTS) is 1. The molecule has 0 spiro atoms. The summed E-state index contributed by atoms with van der Waals surface area (Å²) >= 11 is 0. The van der Waals surface area contributed by atoms with Gasteiger partial charge in [-0.2, -0.15) is 0 Å². The summed E-state index contributed by atoms with van der Waals surface area (Å²) in [5.74, 6) is -1.54. The molecule has 5 heteroatoms. The SMILES string of the molecule is Cc1cccc(C(=O)NCC[C@H](O)C(=O)O)c1C. The molecule has 1 atom stereocenters. The Balaban J connectivity index is 2.56. The predicted molar refractivity (Wildman–Crippen MR) is 66.5 cm³/mol. The van der Waals surface area contributed by atoms with Gasteiger partial charge in [0.05, 0.1) is 0 Å². The number of hydrogen-bond donors (Lipinski definition) is 3. The molecule has 0 radical (unpaired) electrons. The molecule has 0 fully saturated rings. The second kappa shape index (κ2) is 6.16. The Kier molecular flexibility index (Phi) is 4.85. The van der Waals surface area contributed by atoms with Gasteiger partial charge in [-0.1, -0.05) is 12.1 Å². The van der Waals surface area contributed by atoms with Crippen molar-refractivity contribution in [3.8, 4) is 0 Å². The molecule has 0 saturated carbocycles. The first-order valence-corrected chi connectivity index (χ1v) is 5.68. The first-order chi connectivity index (χ1) is 8.43. The highest BCUT2D eigenvalue weighted by atomic mass is 16.4. The molecule has 98 valence electrons. The number of aliphatic hydroxyl groups excluding tert-OH is 1. The third-order valence-corrected chi connectivity index (χ3v) is 2.84. The van der Waals surface area contributed by atoms with Crippen molar-refractivity contribution in [3.05, 3.63) is 34.9 Å². The lowest BCUT2D eigenvalue weighted by atomic mass is 10.0. The van der Waals surface area contributed by atoms with Crippen LogP contribution in [-0.2, 0) is 4.79 Å². The maximum absolute atomic E-state index is 11.8. The summed E-state index contributed by atoms with van der Waals surface area (Å²) in [5.41, 5.74) is 2.49. The average Bonchev–Trinajstić information content (AvgIpc) is 2.32. The molecule has 1 aromatic rings. The fourth-order valence-corrected chi connectivity index (χ4v) is 1.54. The predicted octanol–water partition coefficient (Wildman–Crippen LogP) is 0.869. The molecule has 0 saturated heterocycles. The Morgan fingerprint density at radius 3 is 2.61 bits per heavy atom. The number of aliphatic hydroxyl groups is 1. The summed E-state index contributed by atoms with van der Waals surface area (Å²) in [6.07, 6.45) is -1.45. The van der Waals surface area contributed by atoms with Gasteiger partial charge >= 0.3 is 5.97 Å². The zero-order chi connectivity index (χ0) is 13.7. The topological polar surface area (TPSA) is 86.6 Å². The number of carbonyl (C=O) groups excluding carboxylic acids is 1. The molecule has 0 aliphatic carbocycles. The van der Waals surface area contributed by atoms with E-state index in [1.54, 1.807) is 12.1 Å². The smallest absolute Gasteiger partial charge is 0.332 e. The van der Waals surface area contributed by atoms with Crippen molar-refractivity contribution < 1.29 is 19.8 Å². The number of carbonyl (C=O) groups is 2. The van der Waals surface area contributed by atoms with Gasteiger partial charge < -0.3 is 15.5 Å². The van der Waals surface area contributed by atoms with Gasteiger partial charge in [-0.25, -0.2) is 4.79 Å². The number of carboxylic acids is 1. The number of aryl methyl sites for hydroxylation is 1. The van der Waals surface area contributed by atoms with E-state index in [2.05, 4.69) is 5.32 Å². The zero-order valence-corrected chi connectivity index (χ0v) is 10.4. The summed E-state index contributed by atoms with van der Waals surface area (Å²) in [6.45, 7) is 3.90. The van der Waals surface area contributed by atoms with E-state index in [0.29, 0.717) is 5.56 Å². The second-order valence-electron chi connectivity index (χ2n) is 4.15. The standard InChI is InChI=1S/C13H17NO4/c1-8-4-3-5-10(9(8)2)12(16)14-7-6-11(15)13(17)18/h3-5,11,15H,6-7H2,1-2H3,(H,14,16)(H,17,18)/t11-/m0/s1. The molecular weight excluding hydrogens is 234 g/mol. The van der Waals surface area contributed by atoms with Gasteiger partial charge in [-0.3, -0.25) is 4.79 Å². The second-order valence-corrected chi connectivity index (χ2v) is 4.15. The number of nitrogens with one attached hydrogen (secondary N) is 1. The van der Waals surface area contributed by atoms with E-state index in [4.69, 9.17) is 10.2 Å². The first-order valence-electron chi connectivity index (χ1n) is 5.68. The largest absolute Gasteiger partial charge is 0.479 e. The van der Waals surface area contributed by atoms with E-state index in [-0.39, 0.29) is 18.9 Å². The minimum atomic E-state index is -1.44. The summed E-state index contributed by atoms with van der Waals surface area (Å²) in [7, 11) is 0. The van der Waals surface area contributed by atoms with E-state index in [0.717, 1.165) is 11.1 Å². The van der Waals surface area contributed by atoms with Crippen molar-refractivity contribution >= 4 is 11.9 Å². The zero-order valence-electron chi connectivity index (χ0n) is 10.4. The van der Waals surface area contributed by atoms with Gasteiger partial charge in [0.25, 0.3) is 5.91 Å². The fourth-order valence-electron chi connectivity index (χ4n) is 1.54. The number of aliphatic carboxylic acids is 1. The molecule has 0 bridgehead atoms. The Bertz CT molecular complexity index is 456.